The fourth-order valence-electron chi connectivity index (χ4n) is 4.35. The molecule has 2 aromatic rings. The number of rotatable bonds is 6. The van der Waals surface area contributed by atoms with Crippen LogP contribution in [-0.2, 0) is 24.1 Å². The molecular weight excluding hydrogens is 451 g/mol. The van der Waals surface area contributed by atoms with Crippen molar-refractivity contribution in [2.45, 2.75) is 44.4 Å². The molecule has 0 radical (unpaired) electrons. The number of carbonyl (C=O) groups excluding carboxylic acids is 1. The molecule has 33 heavy (non-hydrogen) atoms. The van der Waals surface area contributed by atoms with Gasteiger partial charge in [0.15, 0.2) is 0 Å². The number of hydrogen-bond acceptors (Lipinski definition) is 6. The number of aliphatic hydroxyl groups excluding tert-OH is 2. The summed E-state index contributed by atoms with van der Waals surface area (Å²) in [6, 6.07) is 3.09. The van der Waals surface area contributed by atoms with Gasteiger partial charge in [-0.25, -0.2) is 19.2 Å². The molecular formula is C23H28ClFN4O4. The van der Waals surface area contributed by atoms with Crippen molar-refractivity contribution in [2.24, 2.45) is 5.92 Å². The van der Waals surface area contributed by atoms with Gasteiger partial charge in [-0.05, 0) is 48.4 Å². The Morgan fingerprint density at radius 1 is 1.39 bits per heavy atom. The highest BCUT2D eigenvalue weighted by Crippen LogP contribution is 2.25. The van der Waals surface area contributed by atoms with Gasteiger partial charge in [-0.3, -0.25) is 0 Å². The second-order valence-corrected chi connectivity index (χ2v) is 8.97. The summed E-state index contributed by atoms with van der Waals surface area (Å²) in [6.07, 6.45) is 4.72. The summed E-state index contributed by atoms with van der Waals surface area (Å²) in [4.78, 5) is 23.7. The van der Waals surface area contributed by atoms with Crippen molar-refractivity contribution in [3.05, 3.63) is 57.9 Å². The minimum absolute atomic E-state index is 0.0162. The summed E-state index contributed by atoms with van der Waals surface area (Å²) < 4.78 is 19.3. The van der Waals surface area contributed by atoms with E-state index in [0.29, 0.717) is 44.0 Å². The highest BCUT2D eigenvalue weighted by Gasteiger charge is 2.27. The number of fused-ring (bicyclic) bond motifs is 1. The number of benzene rings is 1. The first-order valence-electron chi connectivity index (χ1n) is 11.1. The zero-order chi connectivity index (χ0) is 23.4. The van der Waals surface area contributed by atoms with Crippen molar-refractivity contribution in [1.82, 2.24) is 20.2 Å². The van der Waals surface area contributed by atoms with Crippen LogP contribution < -0.4 is 5.32 Å². The van der Waals surface area contributed by atoms with Crippen molar-refractivity contribution in [1.29, 1.82) is 0 Å². The molecule has 0 bridgehead atoms. The Morgan fingerprint density at radius 2 is 2.24 bits per heavy atom. The first-order valence-corrected chi connectivity index (χ1v) is 11.5. The normalized spacial score (nSPS) is 21.4. The van der Waals surface area contributed by atoms with Crippen LogP contribution in [0.3, 0.4) is 0 Å². The molecule has 2 aliphatic heterocycles. The molecule has 8 nitrogen and oxygen atoms in total. The second-order valence-electron chi connectivity index (χ2n) is 8.56. The predicted octanol–water partition coefficient (Wildman–Crippen LogP) is 2.40. The molecule has 1 saturated heterocycles. The minimum atomic E-state index is -0.750. The Balaban J connectivity index is 1.40. The van der Waals surface area contributed by atoms with Crippen LogP contribution in [0.4, 0.5) is 9.18 Å². The quantitative estimate of drug-likeness (QED) is 0.588. The van der Waals surface area contributed by atoms with E-state index in [9.17, 15) is 19.4 Å². The number of hydrogen-bond donors (Lipinski definition) is 3. The Hall–Kier alpha value is -2.33. The average molecular weight is 479 g/mol. The number of amides is 2. The third kappa shape index (κ3) is 5.78. The maximum Gasteiger partial charge on any atom is 0.318 e. The number of nitrogens with zero attached hydrogens (tertiary/aromatic N) is 3. The molecule has 3 heterocycles. The maximum atomic E-state index is 13.8. The lowest BCUT2D eigenvalue weighted by atomic mass is 9.92. The highest BCUT2D eigenvalue weighted by molar-refractivity contribution is 6.30. The largest absolute Gasteiger partial charge is 0.394 e. The highest BCUT2D eigenvalue weighted by atomic mass is 35.5. The molecule has 4 rings (SSSR count). The molecule has 2 aliphatic rings. The summed E-state index contributed by atoms with van der Waals surface area (Å²) in [6.45, 7) is 1.09. The molecule has 1 fully saturated rings. The van der Waals surface area contributed by atoms with Crippen LogP contribution in [0.25, 0.3) is 0 Å². The molecule has 10 heteroatoms. The van der Waals surface area contributed by atoms with Crippen LogP contribution in [0.5, 0.6) is 0 Å². The molecule has 2 amide bonds. The monoisotopic (exact) mass is 478 g/mol. The molecule has 1 aromatic carbocycles. The van der Waals surface area contributed by atoms with E-state index in [1.807, 2.05) is 6.20 Å². The SMILES string of the molecule is O=C(N[C@H](CO)c1ccc(Cl)c(F)c1)N1CCc2cnc(C[C@H]3CCO[C@@H](CO)C3)nc2C1. The zero-order valence-corrected chi connectivity index (χ0v) is 19.0. The van der Waals surface area contributed by atoms with Gasteiger partial charge in [0, 0.05) is 25.8 Å². The number of aromatic nitrogens is 2. The Bertz CT molecular complexity index is 995. The minimum Gasteiger partial charge on any atom is -0.394 e. The first kappa shape index (κ1) is 23.8. The van der Waals surface area contributed by atoms with Gasteiger partial charge in [0.25, 0.3) is 0 Å². The summed E-state index contributed by atoms with van der Waals surface area (Å²) in [5.74, 6) is 0.472. The maximum absolute atomic E-state index is 13.8. The first-order chi connectivity index (χ1) is 16.0. The number of aliphatic hydroxyl groups is 2. The van der Waals surface area contributed by atoms with Crippen LogP contribution in [0.15, 0.2) is 24.4 Å². The topological polar surface area (TPSA) is 108 Å². The summed E-state index contributed by atoms with van der Waals surface area (Å²) in [5.41, 5.74) is 2.26. The van der Waals surface area contributed by atoms with Crippen molar-refractivity contribution in [3.8, 4) is 0 Å². The van der Waals surface area contributed by atoms with Crippen molar-refractivity contribution in [3.63, 3.8) is 0 Å². The fourth-order valence-corrected chi connectivity index (χ4v) is 4.47. The summed E-state index contributed by atoms with van der Waals surface area (Å²) in [5, 5.41) is 21.8. The fraction of sp³-hybridized carbons (Fsp3) is 0.522. The van der Waals surface area contributed by atoms with E-state index in [0.717, 1.165) is 29.9 Å². The van der Waals surface area contributed by atoms with E-state index < -0.39 is 11.9 Å². The third-order valence-corrected chi connectivity index (χ3v) is 6.57. The Kier molecular flexibility index (Phi) is 7.75. The van der Waals surface area contributed by atoms with E-state index >= 15 is 0 Å². The van der Waals surface area contributed by atoms with Crippen LogP contribution in [0.2, 0.25) is 5.02 Å². The van der Waals surface area contributed by atoms with Gasteiger partial charge < -0.3 is 25.2 Å². The standard InChI is InChI=1S/C23H28ClFN4O4/c24-18-2-1-15(9-19(18)25)21(13-31)28-23(32)29-5-3-16-10-26-22(27-20(16)11-29)8-14-4-6-33-17(7-14)12-30/h1-2,9-10,14,17,21,30-31H,3-8,11-13H2,(H,28,32)/t14-,17+,21+/m0/s1. The Labute approximate surface area is 196 Å². The van der Waals surface area contributed by atoms with Crippen LogP contribution in [-0.4, -0.2) is 63.6 Å². The molecule has 3 N–H and O–H groups in total. The molecule has 1 aromatic heterocycles. The smallest absolute Gasteiger partial charge is 0.318 e. The van der Waals surface area contributed by atoms with E-state index in [-0.39, 0.29) is 30.4 Å². The third-order valence-electron chi connectivity index (χ3n) is 6.26. The van der Waals surface area contributed by atoms with Crippen molar-refractivity contribution in [2.75, 3.05) is 26.4 Å². The van der Waals surface area contributed by atoms with Crippen LogP contribution in [0, 0.1) is 11.7 Å². The molecule has 0 unspecified atom stereocenters. The van der Waals surface area contributed by atoms with E-state index in [1.54, 1.807) is 11.0 Å². The lowest BCUT2D eigenvalue weighted by Gasteiger charge is -2.30. The zero-order valence-electron chi connectivity index (χ0n) is 18.2. The number of nitrogens with one attached hydrogen (secondary N) is 1. The molecule has 0 aliphatic carbocycles. The van der Waals surface area contributed by atoms with E-state index in [2.05, 4.69) is 10.3 Å². The lowest BCUT2D eigenvalue weighted by molar-refractivity contribution is -0.0377. The number of urea groups is 1. The molecule has 0 saturated carbocycles. The molecule has 3 atom stereocenters. The summed E-state index contributed by atoms with van der Waals surface area (Å²) in [7, 11) is 0. The molecule has 0 spiro atoms. The summed E-state index contributed by atoms with van der Waals surface area (Å²) >= 11 is 5.73. The lowest BCUT2D eigenvalue weighted by Crippen LogP contribution is -2.45. The average Bonchev–Trinajstić information content (AvgIpc) is 2.83. The van der Waals surface area contributed by atoms with E-state index in [4.69, 9.17) is 21.3 Å². The van der Waals surface area contributed by atoms with E-state index in [1.165, 1.54) is 12.1 Å². The number of halogens is 2. The van der Waals surface area contributed by atoms with Crippen LogP contribution >= 0.6 is 11.6 Å². The number of carbonyl (C=O) groups is 1. The van der Waals surface area contributed by atoms with Gasteiger partial charge in [0.05, 0.1) is 42.6 Å². The van der Waals surface area contributed by atoms with Gasteiger partial charge in [-0.2, -0.15) is 0 Å². The molecule has 178 valence electrons. The van der Waals surface area contributed by atoms with Gasteiger partial charge in [-0.15, -0.1) is 0 Å². The van der Waals surface area contributed by atoms with Gasteiger partial charge in [0.1, 0.15) is 11.6 Å². The van der Waals surface area contributed by atoms with Crippen molar-refractivity contribution < 1.29 is 24.1 Å². The van der Waals surface area contributed by atoms with Crippen LogP contribution in [0.1, 0.15) is 41.5 Å². The van der Waals surface area contributed by atoms with Gasteiger partial charge in [-0.1, -0.05) is 17.7 Å². The number of ether oxygens (including phenoxy) is 1. The Morgan fingerprint density at radius 3 is 3.00 bits per heavy atom. The van der Waals surface area contributed by atoms with Crippen molar-refractivity contribution >= 4 is 17.6 Å². The predicted molar refractivity (Wildman–Crippen MR) is 119 cm³/mol. The van der Waals surface area contributed by atoms with Gasteiger partial charge in [0.2, 0.25) is 0 Å². The second kappa shape index (κ2) is 10.7. The van der Waals surface area contributed by atoms with Gasteiger partial charge >= 0.3 is 6.03 Å².